The van der Waals surface area contributed by atoms with Gasteiger partial charge < -0.3 is 33.8 Å². The van der Waals surface area contributed by atoms with Crippen LogP contribution in [0.1, 0.15) is 323 Å². The first-order chi connectivity index (χ1) is 51.7. The molecule has 0 spiro atoms. The van der Waals surface area contributed by atoms with Crippen LogP contribution in [0.5, 0.6) is 0 Å². The Labute approximate surface area is 643 Å². The number of esters is 4. The van der Waals surface area contributed by atoms with Gasteiger partial charge in [-0.1, -0.05) is 283 Å². The van der Waals surface area contributed by atoms with Crippen LogP contribution in [0.3, 0.4) is 0 Å². The second kappa shape index (κ2) is 78.1. The number of phosphoric ester groups is 2. The zero-order chi connectivity index (χ0) is 77.4. The molecule has 0 aliphatic rings. The number of unbranched alkanes of at least 4 members (excludes halogenated alkanes) is 26. The molecule has 0 aliphatic carbocycles. The van der Waals surface area contributed by atoms with Crippen LogP contribution in [0, 0.1) is 0 Å². The lowest BCUT2D eigenvalue weighted by Crippen LogP contribution is -2.30. The van der Waals surface area contributed by atoms with Crippen molar-refractivity contribution in [1.29, 1.82) is 0 Å². The van der Waals surface area contributed by atoms with E-state index in [9.17, 15) is 43.2 Å². The lowest BCUT2D eigenvalue weighted by molar-refractivity contribution is -0.161. The predicted octanol–water partition coefficient (Wildman–Crippen LogP) is 24.2. The summed E-state index contributed by atoms with van der Waals surface area (Å²) in [5.74, 6) is -2.25. The van der Waals surface area contributed by atoms with Gasteiger partial charge in [-0.05, 0) is 161 Å². The number of phosphoric acid groups is 2. The van der Waals surface area contributed by atoms with Gasteiger partial charge in [0.15, 0.2) is 12.2 Å². The Kier molecular flexibility index (Phi) is 74.3. The van der Waals surface area contributed by atoms with Crippen LogP contribution >= 0.6 is 15.6 Å². The standard InChI is InChI=1S/C87H146O17P2/c1-5-9-13-17-21-25-29-33-37-40-44-47-51-55-59-63-67-71-84(89)97-77-82(103-86(91)73-69-65-61-57-53-49-43-36-32-28-24-20-16-12-8-4)79-101-105(93,94)99-75-81(88)76-100-106(95,96)102-80-83(104-87(92)74-70-66-62-58-54-50-46-42-39-35-31-27-23-19-15-11-7-3)78-98-85(90)72-68-64-60-56-52-48-45-41-38-34-30-26-22-18-14-10-6-2/h9-11,13-15,21-23,25-27,33-39,43,45-46,48,50,81-83,88H,5-8,12,16-20,24,28-32,40-42,44,47,49,51-80H2,1-4H3,(H,93,94)(H,95,96)/b13-9-,14-10-,15-11-,25-21-,26-22-,27-23-,37-33-,38-34-,39-35-,43-36-,48-45-,50-46-. The van der Waals surface area contributed by atoms with Gasteiger partial charge in [0.25, 0.3) is 0 Å². The van der Waals surface area contributed by atoms with Crippen LogP contribution in [0.25, 0.3) is 0 Å². The van der Waals surface area contributed by atoms with E-state index in [1.165, 1.54) is 38.5 Å². The van der Waals surface area contributed by atoms with Gasteiger partial charge in [0, 0.05) is 25.7 Å². The van der Waals surface area contributed by atoms with Crippen molar-refractivity contribution in [2.45, 2.75) is 341 Å². The Bertz CT molecular complexity index is 2580. The molecule has 0 saturated carbocycles. The summed E-state index contributed by atoms with van der Waals surface area (Å²) in [6.45, 7) is 4.48. The van der Waals surface area contributed by atoms with E-state index in [4.69, 9.17) is 37.0 Å². The molecule has 0 fully saturated rings. The average Bonchev–Trinajstić information content (AvgIpc) is 0.902. The van der Waals surface area contributed by atoms with E-state index >= 15 is 0 Å². The third-order valence-electron chi connectivity index (χ3n) is 16.8. The molecule has 0 bridgehead atoms. The highest BCUT2D eigenvalue weighted by atomic mass is 31.2. The maximum atomic E-state index is 13.1. The summed E-state index contributed by atoms with van der Waals surface area (Å²) in [4.78, 5) is 73.2. The third kappa shape index (κ3) is 77.1. The first-order valence-electron chi connectivity index (χ1n) is 41.1. The van der Waals surface area contributed by atoms with Crippen LogP contribution < -0.4 is 0 Å². The third-order valence-corrected chi connectivity index (χ3v) is 18.7. The van der Waals surface area contributed by atoms with Gasteiger partial charge >= 0.3 is 39.5 Å². The fourth-order valence-electron chi connectivity index (χ4n) is 10.6. The summed E-state index contributed by atoms with van der Waals surface area (Å²) < 4.78 is 68.7. The van der Waals surface area contributed by atoms with Crippen molar-refractivity contribution >= 4 is 39.5 Å². The summed E-state index contributed by atoms with van der Waals surface area (Å²) in [7, 11) is -9.99. The number of allylic oxidation sites excluding steroid dienone is 24. The van der Waals surface area contributed by atoms with Gasteiger partial charge in [0.2, 0.25) is 0 Å². The molecule has 0 saturated heterocycles. The average molecular weight is 1530 g/mol. The Morgan fingerprint density at radius 3 is 0.764 bits per heavy atom. The van der Waals surface area contributed by atoms with Crippen LogP contribution in [0.4, 0.5) is 0 Å². The molecule has 0 heterocycles. The van der Waals surface area contributed by atoms with Crippen molar-refractivity contribution in [3.05, 3.63) is 146 Å². The zero-order valence-corrected chi connectivity index (χ0v) is 68.1. The van der Waals surface area contributed by atoms with E-state index in [1.54, 1.807) is 0 Å². The monoisotopic (exact) mass is 1530 g/mol. The molecule has 0 aliphatic heterocycles. The molecular formula is C87H146O17P2. The van der Waals surface area contributed by atoms with Crippen molar-refractivity contribution in [1.82, 2.24) is 0 Å². The molecule has 0 aromatic rings. The minimum atomic E-state index is -5.00. The molecule has 106 heavy (non-hydrogen) atoms. The molecule has 0 rings (SSSR count). The van der Waals surface area contributed by atoms with E-state index in [0.717, 1.165) is 205 Å². The molecule has 19 heteroatoms. The highest BCUT2D eigenvalue weighted by Crippen LogP contribution is 2.45. The van der Waals surface area contributed by atoms with Crippen LogP contribution in [0.2, 0.25) is 0 Å². The highest BCUT2D eigenvalue weighted by molar-refractivity contribution is 7.47. The number of aliphatic hydroxyl groups excluding tert-OH is 1. The van der Waals surface area contributed by atoms with E-state index in [2.05, 4.69) is 174 Å². The van der Waals surface area contributed by atoms with Crippen molar-refractivity contribution in [3.8, 4) is 0 Å². The number of aliphatic hydroxyl groups is 1. The molecule has 3 N–H and O–H groups in total. The smallest absolute Gasteiger partial charge is 0.462 e. The quantitative estimate of drug-likeness (QED) is 0.0169. The Balaban J connectivity index is 5.43. The maximum absolute atomic E-state index is 13.1. The van der Waals surface area contributed by atoms with Gasteiger partial charge in [0.05, 0.1) is 26.4 Å². The molecule has 0 amide bonds. The fraction of sp³-hybridized carbons (Fsp3) is 0.678. The van der Waals surface area contributed by atoms with Crippen molar-refractivity contribution in [2.75, 3.05) is 39.6 Å². The summed E-state index contributed by atoms with van der Waals surface area (Å²) in [5.41, 5.74) is 0. The second-order valence-electron chi connectivity index (χ2n) is 26.9. The predicted molar refractivity (Wildman–Crippen MR) is 436 cm³/mol. The zero-order valence-electron chi connectivity index (χ0n) is 66.3. The minimum absolute atomic E-state index is 0.0569. The second-order valence-corrected chi connectivity index (χ2v) is 29.8. The van der Waals surface area contributed by atoms with Gasteiger partial charge in [-0.3, -0.25) is 37.3 Å². The largest absolute Gasteiger partial charge is 0.472 e. The van der Waals surface area contributed by atoms with Crippen molar-refractivity contribution in [3.63, 3.8) is 0 Å². The number of hydrogen-bond acceptors (Lipinski definition) is 15. The Morgan fingerprint density at radius 2 is 0.491 bits per heavy atom. The normalized spacial score (nSPS) is 14.6. The number of hydrogen-bond donors (Lipinski definition) is 3. The molecule has 5 unspecified atom stereocenters. The number of rotatable bonds is 76. The number of carbonyl (C=O) groups is 4. The van der Waals surface area contributed by atoms with E-state index < -0.39 is 97.5 Å². The molecule has 17 nitrogen and oxygen atoms in total. The SMILES string of the molecule is CC/C=C\C/C=C\C/C=C\C/C=C\CCCCCCC(=O)OCC(COP(=O)(O)OCC(O)COP(=O)(O)OCC(COC(=O)CCCCCCCCC/C=C\C/C=C\C/C=C\CC)OC(=O)CCCCCCC/C=C\CCCCCCCC)OC(=O)CCCCCC/C=C\C/C=C\C/C=C\C/C=C\CC. The Hall–Kier alpha value is -5.06. The lowest BCUT2D eigenvalue weighted by atomic mass is 10.1. The molecule has 0 aromatic heterocycles. The lowest BCUT2D eigenvalue weighted by Gasteiger charge is -2.21. The summed E-state index contributed by atoms with van der Waals surface area (Å²) in [6.07, 6.45) is 89.5. The van der Waals surface area contributed by atoms with Crippen LogP contribution in [0.15, 0.2) is 146 Å². The Morgan fingerprint density at radius 1 is 0.274 bits per heavy atom. The first-order valence-corrected chi connectivity index (χ1v) is 44.1. The van der Waals surface area contributed by atoms with Crippen LogP contribution in [-0.2, 0) is 65.4 Å². The topological polar surface area (TPSA) is 237 Å². The summed E-state index contributed by atoms with van der Waals surface area (Å²) >= 11 is 0. The number of carbonyl (C=O) groups excluding carboxylic acids is 4. The van der Waals surface area contributed by atoms with Crippen LogP contribution in [-0.4, -0.2) is 96.7 Å². The summed E-state index contributed by atoms with van der Waals surface area (Å²) in [5, 5.41) is 10.7. The van der Waals surface area contributed by atoms with E-state index in [1.807, 2.05) is 0 Å². The molecule has 5 atom stereocenters. The van der Waals surface area contributed by atoms with Crippen molar-refractivity contribution in [2.24, 2.45) is 0 Å². The van der Waals surface area contributed by atoms with Gasteiger partial charge in [-0.25, -0.2) is 9.13 Å². The molecular weight excluding hydrogens is 1380 g/mol. The van der Waals surface area contributed by atoms with Gasteiger partial charge in [-0.15, -0.1) is 0 Å². The molecule has 606 valence electrons. The highest BCUT2D eigenvalue weighted by Gasteiger charge is 2.30. The first kappa shape index (κ1) is 101. The van der Waals surface area contributed by atoms with Gasteiger partial charge in [0.1, 0.15) is 19.3 Å². The maximum Gasteiger partial charge on any atom is 0.472 e. The van der Waals surface area contributed by atoms with Crippen molar-refractivity contribution < 1.29 is 80.2 Å². The van der Waals surface area contributed by atoms with Gasteiger partial charge in [-0.2, -0.15) is 0 Å². The minimum Gasteiger partial charge on any atom is -0.462 e. The summed E-state index contributed by atoms with van der Waals surface area (Å²) in [6, 6.07) is 0. The van der Waals surface area contributed by atoms with E-state index in [0.29, 0.717) is 25.7 Å². The van der Waals surface area contributed by atoms with E-state index in [-0.39, 0.29) is 25.7 Å². The molecule has 0 radical (unpaired) electrons. The number of ether oxygens (including phenoxy) is 4. The molecule has 0 aromatic carbocycles. The fourth-order valence-corrected chi connectivity index (χ4v) is 12.2.